The summed E-state index contributed by atoms with van der Waals surface area (Å²) in [7, 11) is 0. The third-order valence-corrected chi connectivity index (χ3v) is 4.68. The predicted octanol–water partition coefficient (Wildman–Crippen LogP) is 5.30. The minimum atomic E-state index is -0.215. The summed E-state index contributed by atoms with van der Waals surface area (Å²) < 4.78 is 11.3. The maximum absolute atomic E-state index is 12.2. The van der Waals surface area contributed by atoms with Crippen LogP contribution in [0.1, 0.15) is 67.8 Å². The number of rotatable bonds is 9. The van der Waals surface area contributed by atoms with Crippen LogP contribution < -0.4 is 0 Å². The summed E-state index contributed by atoms with van der Waals surface area (Å²) in [6.07, 6.45) is 9.59. The van der Waals surface area contributed by atoms with Gasteiger partial charge in [-0.05, 0) is 55.7 Å². The van der Waals surface area contributed by atoms with Crippen molar-refractivity contribution < 1.29 is 14.3 Å². The van der Waals surface area contributed by atoms with Crippen LogP contribution in [0.25, 0.3) is 0 Å². The standard InChI is InChI=1S/C21H30O3/c1-3-5-6-15-23-16-18-7-11-19(12-8-18)21(22)24-20-13-9-17(4-2)10-14-20/h4,7-8,11-12,17,20H,2-3,5-6,9-10,13-16H2,1H3. The van der Waals surface area contributed by atoms with Crippen LogP contribution in [-0.2, 0) is 16.1 Å². The van der Waals surface area contributed by atoms with Gasteiger partial charge in [0.05, 0.1) is 12.2 Å². The molecule has 0 bridgehead atoms. The Morgan fingerprint density at radius 3 is 2.50 bits per heavy atom. The van der Waals surface area contributed by atoms with Gasteiger partial charge in [-0.25, -0.2) is 4.79 Å². The van der Waals surface area contributed by atoms with Gasteiger partial charge in [0.25, 0.3) is 0 Å². The summed E-state index contributed by atoms with van der Waals surface area (Å²) in [4.78, 5) is 12.2. The molecule has 0 N–H and O–H groups in total. The average Bonchev–Trinajstić information content (AvgIpc) is 2.62. The molecule has 0 spiro atoms. The van der Waals surface area contributed by atoms with Crippen LogP contribution in [0.5, 0.6) is 0 Å². The molecule has 1 aliphatic carbocycles. The van der Waals surface area contributed by atoms with Gasteiger partial charge in [0.2, 0.25) is 0 Å². The number of hydrogen-bond acceptors (Lipinski definition) is 3. The molecule has 0 radical (unpaired) electrons. The molecule has 0 heterocycles. The van der Waals surface area contributed by atoms with Gasteiger partial charge in [0.1, 0.15) is 6.10 Å². The van der Waals surface area contributed by atoms with Crippen LogP contribution in [0, 0.1) is 5.92 Å². The predicted molar refractivity (Wildman–Crippen MR) is 97.0 cm³/mol. The Balaban J connectivity index is 1.73. The zero-order valence-electron chi connectivity index (χ0n) is 14.8. The number of ether oxygens (including phenoxy) is 2. The molecule has 3 heteroatoms. The first-order valence-electron chi connectivity index (χ1n) is 9.23. The SMILES string of the molecule is C=CC1CCC(OC(=O)c2ccc(COCCCCC)cc2)CC1. The Morgan fingerprint density at radius 1 is 1.17 bits per heavy atom. The lowest BCUT2D eigenvalue weighted by Gasteiger charge is -2.26. The number of carbonyl (C=O) groups is 1. The fraction of sp³-hybridized carbons (Fsp3) is 0.571. The molecule has 3 nitrogen and oxygen atoms in total. The van der Waals surface area contributed by atoms with Gasteiger partial charge < -0.3 is 9.47 Å². The lowest BCUT2D eigenvalue weighted by molar-refractivity contribution is 0.0185. The number of carbonyl (C=O) groups excluding carboxylic acids is 1. The summed E-state index contributed by atoms with van der Waals surface area (Å²) in [5, 5.41) is 0. The van der Waals surface area contributed by atoms with Crippen molar-refractivity contribution >= 4 is 5.97 Å². The molecule has 132 valence electrons. The Bertz CT molecular complexity index is 498. The molecule has 2 rings (SSSR count). The van der Waals surface area contributed by atoms with E-state index >= 15 is 0 Å². The zero-order chi connectivity index (χ0) is 17.2. The molecular formula is C21H30O3. The van der Waals surface area contributed by atoms with Crippen molar-refractivity contribution in [2.75, 3.05) is 6.61 Å². The lowest BCUT2D eigenvalue weighted by atomic mass is 9.87. The molecule has 24 heavy (non-hydrogen) atoms. The summed E-state index contributed by atoms with van der Waals surface area (Å²) in [5.41, 5.74) is 1.71. The number of unbranched alkanes of at least 4 members (excludes halogenated alkanes) is 2. The quantitative estimate of drug-likeness (QED) is 0.350. The highest BCUT2D eigenvalue weighted by molar-refractivity contribution is 5.89. The monoisotopic (exact) mass is 330 g/mol. The molecule has 0 aromatic heterocycles. The van der Waals surface area contributed by atoms with Gasteiger partial charge >= 0.3 is 5.97 Å². The van der Waals surface area contributed by atoms with Gasteiger partial charge in [-0.2, -0.15) is 0 Å². The van der Waals surface area contributed by atoms with Crippen molar-refractivity contribution in [2.24, 2.45) is 5.92 Å². The van der Waals surface area contributed by atoms with E-state index in [1.54, 1.807) is 0 Å². The molecule has 1 aromatic carbocycles. The van der Waals surface area contributed by atoms with Gasteiger partial charge in [-0.15, -0.1) is 6.58 Å². The van der Waals surface area contributed by atoms with E-state index in [1.165, 1.54) is 12.8 Å². The van der Waals surface area contributed by atoms with E-state index < -0.39 is 0 Å². The molecule has 1 aliphatic rings. The normalized spacial score (nSPS) is 20.5. The van der Waals surface area contributed by atoms with E-state index in [1.807, 2.05) is 30.3 Å². The van der Waals surface area contributed by atoms with Gasteiger partial charge in [0.15, 0.2) is 0 Å². The fourth-order valence-corrected chi connectivity index (χ4v) is 3.04. The first kappa shape index (κ1) is 18.7. The summed E-state index contributed by atoms with van der Waals surface area (Å²) in [6.45, 7) is 7.43. The summed E-state index contributed by atoms with van der Waals surface area (Å²) in [5.74, 6) is 0.365. The van der Waals surface area contributed by atoms with Crippen molar-refractivity contribution in [2.45, 2.75) is 64.6 Å². The fourth-order valence-electron chi connectivity index (χ4n) is 3.04. The Morgan fingerprint density at radius 2 is 1.88 bits per heavy atom. The maximum Gasteiger partial charge on any atom is 0.338 e. The van der Waals surface area contributed by atoms with E-state index in [9.17, 15) is 4.79 Å². The molecule has 1 aromatic rings. The van der Waals surface area contributed by atoms with Crippen LogP contribution in [-0.4, -0.2) is 18.7 Å². The van der Waals surface area contributed by atoms with E-state index in [4.69, 9.17) is 9.47 Å². The Hall–Kier alpha value is -1.61. The van der Waals surface area contributed by atoms with Crippen LogP contribution in [0.2, 0.25) is 0 Å². The molecular weight excluding hydrogens is 300 g/mol. The Labute approximate surface area is 146 Å². The third kappa shape index (κ3) is 6.12. The maximum atomic E-state index is 12.2. The van der Waals surface area contributed by atoms with Crippen molar-refractivity contribution in [3.05, 3.63) is 48.0 Å². The van der Waals surface area contributed by atoms with Gasteiger partial charge in [-0.3, -0.25) is 0 Å². The molecule has 0 aliphatic heterocycles. The first-order valence-corrected chi connectivity index (χ1v) is 9.23. The average molecular weight is 330 g/mol. The minimum Gasteiger partial charge on any atom is -0.459 e. The van der Waals surface area contributed by atoms with E-state index in [0.29, 0.717) is 18.1 Å². The molecule has 0 saturated heterocycles. The van der Waals surface area contributed by atoms with Crippen molar-refractivity contribution in [3.63, 3.8) is 0 Å². The number of esters is 1. The smallest absolute Gasteiger partial charge is 0.338 e. The molecule has 1 saturated carbocycles. The second-order valence-corrected chi connectivity index (χ2v) is 6.63. The molecule has 0 amide bonds. The number of allylic oxidation sites excluding steroid dienone is 1. The highest BCUT2D eigenvalue weighted by Gasteiger charge is 2.22. The topological polar surface area (TPSA) is 35.5 Å². The van der Waals surface area contributed by atoms with Crippen LogP contribution >= 0.6 is 0 Å². The van der Waals surface area contributed by atoms with E-state index in [-0.39, 0.29) is 12.1 Å². The Kier molecular flexibility index (Phi) is 8.03. The molecule has 1 fully saturated rings. The van der Waals surface area contributed by atoms with Crippen molar-refractivity contribution in [1.29, 1.82) is 0 Å². The van der Waals surface area contributed by atoms with E-state index in [0.717, 1.165) is 44.3 Å². The van der Waals surface area contributed by atoms with Crippen LogP contribution in [0.3, 0.4) is 0 Å². The lowest BCUT2D eigenvalue weighted by Crippen LogP contribution is -2.23. The largest absolute Gasteiger partial charge is 0.459 e. The minimum absolute atomic E-state index is 0.0512. The van der Waals surface area contributed by atoms with E-state index in [2.05, 4.69) is 13.5 Å². The highest BCUT2D eigenvalue weighted by Crippen LogP contribution is 2.27. The van der Waals surface area contributed by atoms with Crippen molar-refractivity contribution in [3.8, 4) is 0 Å². The van der Waals surface area contributed by atoms with Crippen LogP contribution in [0.15, 0.2) is 36.9 Å². The third-order valence-electron chi connectivity index (χ3n) is 4.68. The zero-order valence-corrected chi connectivity index (χ0v) is 14.8. The second kappa shape index (κ2) is 10.3. The number of hydrogen-bond donors (Lipinski definition) is 0. The molecule has 0 atom stereocenters. The highest BCUT2D eigenvalue weighted by atomic mass is 16.5. The summed E-state index contributed by atoms with van der Waals surface area (Å²) >= 11 is 0. The van der Waals surface area contributed by atoms with Crippen molar-refractivity contribution in [1.82, 2.24) is 0 Å². The van der Waals surface area contributed by atoms with Gasteiger partial charge in [-0.1, -0.05) is 38.0 Å². The van der Waals surface area contributed by atoms with Gasteiger partial charge in [0, 0.05) is 6.61 Å². The second-order valence-electron chi connectivity index (χ2n) is 6.63. The van der Waals surface area contributed by atoms with Crippen LogP contribution in [0.4, 0.5) is 0 Å². The summed E-state index contributed by atoms with van der Waals surface area (Å²) in [6, 6.07) is 7.57. The first-order chi connectivity index (χ1) is 11.7. The number of benzene rings is 1. The molecule has 0 unspecified atom stereocenters.